The van der Waals surface area contributed by atoms with Gasteiger partial charge in [0, 0.05) is 47.1 Å². The zero-order valence-electron chi connectivity index (χ0n) is 7.29. The second-order valence-electron chi connectivity index (χ2n) is 2.86. The SMILES string of the molecule is CCCCN1C=CN(C)C1.[Mo]. The minimum absolute atomic E-state index is 0. The molecule has 0 aromatic heterocycles. The van der Waals surface area contributed by atoms with Crippen LogP contribution in [0.2, 0.25) is 0 Å². The molecule has 0 amide bonds. The third-order valence-corrected chi connectivity index (χ3v) is 1.74. The summed E-state index contributed by atoms with van der Waals surface area (Å²) >= 11 is 0. The normalized spacial score (nSPS) is 15.5. The van der Waals surface area contributed by atoms with Crippen molar-refractivity contribution in [2.24, 2.45) is 0 Å². The predicted molar refractivity (Wildman–Crippen MR) is 43.4 cm³/mol. The molecule has 0 atom stereocenters. The second kappa shape index (κ2) is 5.65. The Hall–Kier alpha value is 0.0283. The number of hydrogen-bond acceptors (Lipinski definition) is 2. The molecule has 0 aromatic rings. The molecule has 0 bridgehead atoms. The van der Waals surface area contributed by atoms with Crippen molar-refractivity contribution in [3.63, 3.8) is 0 Å². The molecule has 2 nitrogen and oxygen atoms in total. The van der Waals surface area contributed by atoms with E-state index in [1.165, 1.54) is 19.4 Å². The van der Waals surface area contributed by atoms with Crippen molar-refractivity contribution in [3.05, 3.63) is 12.4 Å². The summed E-state index contributed by atoms with van der Waals surface area (Å²) in [5, 5.41) is 0. The van der Waals surface area contributed by atoms with E-state index in [4.69, 9.17) is 0 Å². The Balaban J connectivity index is 0.000001000. The van der Waals surface area contributed by atoms with Gasteiger partial charge in [0.25, 0.3) is 0 Å². The summed E-state index contributed by atoms with van der Waals surface area (Å²) in [5.74, 6) is 0. The zero-order chi connectivity index (χ0) is 7.40. The van der Waals surface area contributed by atoms with Crippen molar-refractivity contribution in [1.82, 2.24) is 9.80 Å². The Morgan fingerprint density at radius 1 is 1.36 bits per heavy atom. The minimum atomic E-state index is 0. The average Bonchev–Trinajstić information content (AvgIpc) is 2.31. The van der Waals surface area contributed by atoms with Gasteiger partial charge in [0.1, 0.15) is 0 Å². The van der Waals surface area contributed by atoms with Gasteiger partial charge in [-0.1, -0.05) is 13.3 Å². The third-order valence-electron chi connectivity index (χ3n) is 1.74. The van der Waals surface area contributed by atoms with Gasteiger partial charge in [-0.3, -0.25) is 0 Å². The number of rotatable bonds is 3. The van der Waals surface area contributed by atoms with Crippen molar-refractivity contribution < 1.29 is 21.1 Å². The van der Waals surface area contributed by atoms with Crippen molar-refractivity contribution in [2.75, 3.05) is 20.3 Å². The fraction of sp³-hybridized carbons (Fsp3) is 0.750. The average molecular weight is 236 g/mol. The molecule has 0 spiro atoms. The largest absolute Gasteiger partial charge is 0.362 e. The third kappa shape index (κ3) is 3.81. The van der Waals surface area contributed by atoms with Crippen LogP contribution in [0.25, 0.3) is 0 Å². The molecular weight excluding hydrogens is 220 g/mol. The van der Waals surface area contributed by atoms with Gasteiger partial charge in [-0.2, -0.15) is 0 Å². The van der Waals surface area contributed by atoms with Crippen molar-refractivity contribution >= 4 is 0 Å². The Kier molecular flexibility index (Phi) is 5.66. The molecule has 0 unspecified atom stereocenters. The van der Waals surface area contributed by atoms with Crippen LogP contribution in [0.3, 0.4) is 0 Å². The fourth-order valence-electron chi connectivity index (χ4n) is 1.10. The van der Waals surface area contributed by atoms with E-state index in [9.17, 15) is 0 Å². The summed E-state index contributed by atoms with van der Waals surface area (Å²) in [5.41, 5.74) is 0. The van der Waals surface area contributed by atoms with Gasteiger partial charge in [0.15, 0.2) is 0 Å². The van der Waals surface area contributed by atoms with Gasteiger partial charge < -0.3 is 9.80 Å². The van der Waals surface area contributed by atoms with Crippen LogP contribution >= 0.6 is 0 Å². The standard InChI is InChI=1S/C8H16N2.Mo/c1-3-4-5-10-7-6-9(2)8-10;/h6-7H,3-5,8H2,1-2H3;. The summed E-state index contributed by atoms with van der Waals surface area (Å²) in [4.78, 5) is 4.53. The van der Waals surface area contributed by atoms with Crippen molar-refractivity contribution in [3.8, 4) is 0 Å². The van der Waals surface area contributed by atoms with Crippen LogP contribution in [-0.4, -0.2) is 30.1 Å². The monoisotopic (exact) mass is 238 g/mol. The summed E-state index contributed by atoms with van der Waals surface area (Å²) in [6, 6.07) is 0. The molecule has 0 saturated heterocycles. The van der Waals surface area contributed by atoms with E-state index in [-0.39, 0.29) is 21.1 Å². The Morgan fingerprint density at radius 3 is 2.55 bits per heavy atom. The summed E-state index contributed by atoms with van der Waals surface area (Å²) < 4.78 is 0. The molecule has 1 aliphatic rings. The molecule has 1 heterocycles. The first kappa shape index (κ1) is 11.0. The molecule has 1 rings (SSSR count). The van der Waals surface area contributed by atoms with Crippen LogP contribution in [0.5, 0.6) is 0 Å². The number of hydrogen-bond donors (Lipinski definition) is 0. The molecule has 0 radical (unpaired) electrons. The van der Waals surface area contributed by atoms with E-state index in [1.54, 1.807) is 0 Å². The van der Waals surface area contributed by atoms with Crippen LogP contribution in [0.1, 0.15) is 19.8 Å². The van der Waals surface area contributed by atoms with Crippen LogP contribution < -0.4 is 0 Å². The maximum atomic E-state index is 2.34. The molecule has 1 aliphatic heterocycles. The van der Waals surface area contributed by atoms with E-state index in [0.29, 0.717) is 0 Å². The van der Waals surface area contributed by atoms with Crippen LogP contribution in [0.15, 0.2) is 12.4 Å². The van der Waals surface area contributed by atoms with Gasteiger partial charge >= 0.3 is 0 Å². The van der Waals surface area contributed by atoms with Crippen LogP contribution in [0.4, 0.5) is 0 Å². The second-order valence-corrected chi connectivity index (χ2v) is 2.86. The molecule has 0 N–H and O–H groups in total. The minimum Gasteiger partial charge on any atom is -0.362 e. The van der Waals surface area contributed by atoms with E-state index in [1.807, 2.05) is 0 Å². The maximum Gasteiger partial charge on any atom is 0.0890 e. The first-order valence-corrected chi connectivity index (χ1v) is 3.95. The smallest absolute Gasteiger partial charge is 0.0890 e. The molecule has 0 aliphatic carbocycles. The van der Waals surface area contributed by atoms with Gasteiger partial charge in [0.05, 0.1) is 6.67 Å². The maximum absolute atomic E-state index is 2.34. The van der Waals surface area contributed by atoms with Gasteiger partial charge in [-0.25, -0.2) is 0 Å². The molecule has 0 fully saturated rings. The first-order chi connectivity index (χ1) is 4.83. The fourth-order valence-corrected chi connectivity index (χ4v) is 1.10. The van der Waals surface area contributed by atoms with Crippen LogP contribution in [0, 0.1) is 0 Å². The van der Waals surface area contributed by atoms with Gasteiger partial charge in [0.2, 0.25) is 0 Å². The Morgan fingerprint density at radius 2 is 2.09 bits per heavy atom. The number of nitrogens with zero attached hydrogens (tertiary/aromatic N) is 2. The quantitative estimate of drug-likeness (QED) is 0.684. The van der Waals surface area contributed by atoms with Crippen LogP contribution in [-0.2, 0) is 21.1 Å². The summed E-state index contributed by atoms with van der Waals surface area (Å²) in [7, 11) is 2.10. The molecule has 3 heteroatoms. The summed E-state index contributed by atoms with van der Waals surface area (Å²) in [6.45, 7) is 4.50. The van der Waals surface area contributed by atoms with E-state index in [2.05, 4.69) is 36.2 Å². The van der Waals surface area contributed by atoms with E-state index < -0.39 is 0 Å². The first-order valence-electron chi connectivity index (χ1n) is 3.95. The predicted octanol–water partition coefficient (Wildman–Crippen LogP) is 1.46. The van der Waals surface area contributed by atoms with E-state index >= 15 is 0 Å². The molecule has 0 saturated carbocycles. The molecule has 64 valence electrons. The Bertz CT molecular complexity index is 125. The number of unbranched alkanes of at least 4 members (excludes halogenated alkanes) is 1. The molecule has 11 heavy (non-hydrogen) atoms. The zero-order valence-corrected chi connectivity index (χ0v) is 9.29. The van der Waals surface area contributed by atoms with Gasteiger partial charge in [-0.05, 0) is 6.42 Å². The van der Waals surface area contributed by atoms with Gasteiger partial charge in [-0.15, -0.1) is 0 Å². The van der Waals surface area contributed by atoms with E-state index in [0.717, 1.165) is 6.67 Å². The Labute approximate surface area is 83.5 Å². The topological polar surface area (TPSA) is 6.48 Å². The van der Waals surface area contributed by atoms with Crippen molar-refractivity contribution in [1.29, 1.82) is 0 Å². The van der Waals surface area contributed by atoms with Crippen molar-refractivity contribution in [2.45, 2.75) is 19.8 Å². The molecule has 0 aromatic carbocycles. The summed E-state index contributed by atoms with van der Waals surface area (Å²) in [6.07, 6.45) is 6.87. The molecular formula is C8H16MoN2.